The molecule has 1 radical (unpaired) electrons. The van der Waals surface area contributed by atoms with Crippen LogP contribution in [-0.2, 0) is 4.74 Å². The Morgan fingerprint density at radius 2 is 2.10 bits per heavy atom. The molecule has 0 aliphatic carbocycles. The summed E-state index contributed by atoms with van der Waals surface area (Å²) in [5.74, 6) is -0.396. The minimum absolute atomic E-state index is 0.396. The fraction of sp³-hybridized carbons (Fsp3) is 0.250. The van der Waals surface area contributed by atoms with E-state index in [0.29, 0.717) is 0 Å². The summed E-state index contributed by atoms with van der Waals surface area (Å²) < 4.78 is 37.4. The van der Waals surface area contributed by atoms with Crippen LogP contribution < -0.4 is 5.43 Å². The van der Waals surface area contributed by atoms with Crippen molar-refractivity contribution in [1.82, 2.24) is 5.43 Å². The summed E-state index contributed by atoms with van der Waals surface area (Å²) in [6.07, 6.45) is -2.89. The Hall–Kier alpha value is -1.20. The van der Waals surface area contributed by atoms with Gasteiger partial charge in [0.1, 0.15) is 0 Å². The number of ether oxygens (including phenoxy) is 1. The molecule has 1 heterocycles. The number of hydrogen-bond donors (Lipinski definition) is 0. The standard InChI is InChI=1S/C4H2F3N2O/c5-4(6,7)10-3-1-8-9-2-3/h1-2H. The maximum Gasteiger partial charge on any atom is 0.573 e. The van der Waals surface area contributed by atoms with Gasteiger partial charge in [-0.05, 0) is 0 Å². The van der Waals surface area contributed by atoms with Crippen LogP contribution in [0.25, 0.3) is 0 Å². The van der Waals surface area contributed by atoms with Gasteiger partial charge in [-0.3, -0.25) is 0 Å². The molecular formula is C4H2F3N2O. The van der Waals surface area contributed by atoms with Crippen molar-refractivity contribution in [2.75, 3.05) is 0 Å². The van der Waals surface area contributed by atoms with Gasteiger partial charge >= 0.3 is 6.36 Å². The van der Waals surface area contributed by atoms with Gasteiger partial charge in [0.2, 0.25) is 0 Å². The van der Waals surface area contributed by atoms with Crippen molar-refractivity contribution in [2.24, 2.45) is 5.10 Å². The average molecular weight is 151 g/mol. The first-order valence-corrected chi connectivity index (χ1v) is 2.27. The van der Waals surface area contributed by atoms with E-state index in [9.17, 15) is 13.2 Å². The molecule has 6 heteroatoms. The first kappa shape index (κ1) is 6.91. The van der Waals surface area contributed by atoms with Crippen LogP contribution in [0, 0.1) is 0 Å². The molecule has 0 saturated heterocycles. The van der Waals surface area contributed by atoms with Crippen LogP contribution in [-0.4, -0.2) is 12.6 Å². The molecule has 10 heavy (non-hydrogen) atoms. The maximum atomic E-state index is 11.3. The van der Waals surface area contributed by atoms with Crippen LogP contribution in [0.4, 0.5) is 13.2 Å². The minimum Gasteiger partial charge on any atom is -0.402 e. The zero-order valence-electron chi connectivity index (χ0n) is 4.59. The molecule has 3 nitrogen and oxygen atoms in total. The molecule has 0 saturated carbocycles. The predicted molar refractivity (Wildman–Crippen MR) is 25.8 cm³/mol. The van der Waals surface area contributed by atoms with Gasteiger partial charge in [0.15, 0.2) is 5.76 Å². The van der Waals surface area contributed by atoms with E-state index in [-0.39, 0.29) is 0 Å². The van der Waals surface area contributed by atoms with E-state index in [0.717, 1.165) is 12.4 Å². The lowest BCUT2D eigenvalue weighted by Gasteiger charge is -2.05. The van der Waals surface area contributed by atoms with Gasteiger partial charge in [-0.1, -0.05) is 0 Å². The smallest absolute Gasteiger partial charge is 0.402 e. The van der Waals surface area contributed by atoms with Gasteiger partial charge < -0.3 is 4.74 Å². The number of allylic oxidation sites excluding steroid dienone is 1. The number of halogens is 3. The fourth-order valence-corrected chi connectivity index (χ4v) is 0.400. The van der Waals surface area contributed by atoms with Crippen molar-refractivity contribution in [3.05, 3.63) is 12.0 Å². The largest absolute Gasteiger partial charge is 0.573 e. The Morgan fingerprint density at radius 1 is 1.40 bits per heavy atom. The third-order valence-electron chi connectivity index (χ3n) is 0.670. The van der Waals surface area contributed by atoms with Crippen LogP contribution in [0.15, 0.2) is 17.1 Å². The van der Waals surface area contributed by atoms with E-state index in [1.165, 1.54) is 0 Å². The number of nitrogens with zero attached hydrogens (tertiary/aromatic N) is 2. The highest BCUT2D eigenvalue weighted by atomic mass is 19.4. The quantitative estimate of drug-likeness (QED) is 0.549. The van der Waals surface area contributed by atoms with Crippen LogP contribution >= 0.6 is 0 Å². The molecule has 0 aromatic carbocycles. The molecule has 0 unspecified atom stereocenters. The Kier molecular flexibility index (Phi) is 1.52. The second-order valence-electron chi connectivity index (χ2n) is 1.44. The van der Waals surface area contributed by atoms with Gasteiger partial charge in [0.05, 0.1) is 12.4 Å². The summed E-state index contributed by atoms with van der Waals surface area (Å²) in [5, 5.41) is 3.13. The highest BCUT2D eigenvalue weighted by Gasteiger charge is 2.32. The van der Waals surface area contributed by atoms with Crippen LogP contribution in [0.2, 0.25) is 0 Å². The molecule has 0 aromatic heterocycles. The highest BCUT2D eigenvalue weighted by molar-refractivity contribution is 5.77. The molecule has 1 aliphatic rings. The second-order valence-corrected chi connectivity index (χ2v) is 1.44. The molecule has 0 bridgehead atoms. The molecule has 0 aromatic rings. The molecule has 1 rings (SSSR count). The van der Waals surface area contributed by atoms with Gasteiger partial charge in [0.25, 0.3) is 0 Å². The fourth-order valence-electron chi connectivity index (χ4n) is 0.400. The topological polar surface area (TPSA) is 35.7 Å². The number of alkyl halides is 3. The van der Waals surface area contributed by atoms with Crippen molar-refractivity contribution in [3.63, 3.8) is 0 Å². The maximum absolute atomic E-state index is 11.3. The molecule has 0 atom stereocenters. The lowest BCUT2D eigenvalue weighted by atomic mass is 10.6. The van der Waals surface area contributed by atoms with Gasteiger partial charge in [-0.15, -0.1) is 13.2 Å². The lowest BCUT2D eigenvalue weighted by Crippen LogP contribution is -2.12. The summed E-state index contributed by atoms with van der Waals surface area (Å²) in [4.78, 5) is 0. The van der Waals surface area contributed by atoms with E-state index in [1.807, 2.05) is 0 Å². The Bertz CT molecular complexity index is 183. The van der Waals surface area contributed by atoms with E-state index >= 15 is 0 Å². The molecule has 0 fully saturated rings. The number of rotatable bonds is 1. The van der Waals surface area contributed by atoms with E-state index in [4.69, 9.17) is 0 Å². The van der Waals surface area contributed by atoms with Crippen molar-refractivity contribution < 1.29 is 17.9 Å². The summed E-state index contributed by atoms with van der Waals surface area (Å²) in [6, 6.07) is 0. The third kappa shape index (κ3) is 1.96. The van der Waals surface area contributed by atoms with Gasteiger partial charge in [0, 0.05) is 0 Å². The minimum atomic E-state index is -4.66. The molecule has 0 spiro atoms. The molecule has 1 aliphatic heterocycles. The summed E-state index contributed by atoms with van der Waals surface area (Å²) in [5.41, 5.74) is 3.13. The zero-order valence-corrected chi connectivity index (χ0v) is 4.59. The van der Waals surface area contributed by atoms with Gasteiger partial charge in [-0.25, -0.2) is 0 Å². The molecule has 0 amide bonds. The third-order valence-corrected chi connectivity index (χ3v) is 0.670. The molecular weight excluding hydrogens is 149 g/mol. The second kappa shape index (κ2) is 2.20. The van der Waals surface area contributed by atoms with Crippen molar-refractivity contribution >= 4 is 6.21 Å². The summed E-state index contributed by atoms with van der Waals surface area (Å²) >= 11 is 0. The first-order chi connectivity index (χ1) is 4.58. The van der Waals surface area contributed by atoms with Crippen molar-refractivity contribution in [3.8, 4) is 0 Å². The SMILES string of the molecule is FC(F)(F)OC1=C[N]N=C1. The van der Waals surface area contributed by atoms with E-state index in [2.05, 4.69) is 15.3 Å². The first-order valence-electron chi connectivity index (χ1n) is 2.27. The van der Waals surface area contributed by atoms with E-state index in [1.54, 1.807) is 0 Å². The van der Waals surface area contributed by atoms with Crippen molar-refractivity contribution in [1.29, 1.82) is 0 Å². The Labute approximate surface area is 54.2 Å². The van der Waals surface area contributed by atoms with Gasteiger partial charge in [-0.2, -0.15) is 10.5 Å². The lowest BCUT2D eigenvalue weighted by molar-refractivity contribution is -0.301. The number of hydrogen-bond acceptors (Lipinski definition) is 2. The highest BCUT2D eigenvalue weighted by Crippen LogP contribution is 2.20. The summed E-state index contributed by atoms with van der Waals surface area (Å²) in [6.45, 7) is 0. The zero-order chi connectivity index (χ0) is 7.61. The summed E-state index contributed by atoms with van der Waals surface area (Å²) in [7, 11) is 0. The Morgan fingerprint density at radius 3 is 2.50 bits per heavy atom. The van der Waals surface area contributed by atoms with Crippen LogP contribution in [0.3, 0.4) is 0 Å². The monoisotopic (exact) mass is 151 g/mol. The van der Waals surface area contributed by atoms with Crippen molar-refractivity contribution in [2.45, 2.75) is 6.36 Å². The average Bonchev–Trinajstić information content (AvgIpc) is 2.12. The predicted octanol–water partition coefficient (Wildman–Crippen LogP) is 0.968. The Balaban J connectivity index is 2.46. The normalized spacial score (nSPS) is 16.5. The molecule has 55 valence electrons. The van der Waals surface area contributed by atoms with Crippen LogP contribution in [0.1, 0.15) is 0 Å². The van der Waals surface area contributed by atoms with E-state index < -0.39 is 12.1 Å². The molecule has 0 N–H and O–H groups in total. The van der Waals surface area contributed by atoms with Crippen LogP contribution in [0.5, 0.6) is 0 Å².